The highest BCUT2D eigenvalue weighted by Crippen LogP contribution is 2.45. The van der Waals surface area contributed by atoms with Gasteiger partial charge in [-0.25, -0.2) is 0 Å². The lowest BCUT2D eigenvalue weighted by Crippen LogP contribution is -2.24. The van der Waals surface area contributed by atoms with E-state index in [-0.39, 0.29) is 6.10 Å². The van der Waals surface area contributed by atoms with E-state index in [0.717, 1.165) is 28.9 Å². The minimum atomic E-state index is -0.0246. The van der Waals surface area contributed by atoms with Crippen molar-refractivity contribution in [2.24, 2.45) is 5.73 Å². The molecule has 20 heavy (non-hydrogen) atoms. The van der Waals surface area contributed by atoms with Gasteiger partial charge in [-0.1, -0.05) is 40.9 Å². The van der Waals surface area contributed by atoms with Gasteiger partial charge in [-0.05, 0) is 29.8 Å². The monoisotopic (exact) mass is 327 g/mol. The molecular formula is C15H12Cl3NO. The van der Waals surface area contributed by atoms with E-state index in [2.05, 4.69) is 0 Å². The molecular weight excluding hydrogens is 317 g/mol. The summed E-state index contributed by atoms with van der Waals surface area (Å²) >= 11 is 18.8. The number of nitrogens with two attached hydrogens (primary N) is 1. The average Bonchev–Trinajstić information content (AvgIpc) is 2.81. The summed E-state index contributed by atoms with van der Waals surface area (Å²) in [4.78, 5) is 0. The van der Waals surface area contributed by atoms with E-state index >= 15 is 0 Å². The molecule has 2 N–H and O–H groups in total. The Bertz CT molecular complexity index is 652. The first-order valence-corrected chi connectivity index (χ1v) is 7.37. The standard InChI is InChI=1S/C15H12Cl3NO/c16-9-4-8-5-10(7-19)20-15(8)11(6-9)14-12(17)2-1-3-13(14)18/h1-4,6,10H,5,7,19H2/t10-/m0/s1. The molecule has 0 saturated heterocycles. The van der Waals surface area contributed by atoms with Gasteiger partial charge in [0.05, 0.1) is 10.0 Å². The smallest absolute Gasteiger partial charge is 0.131 e. The summed E-state index contributed by atoms with van der Waals surface area (Å²) in [6, 6.07) is 9.13. The maximum Gasteiger partial charge on any atom is 0.131 e. The van der Waals surface area contributed by atoms with Crippen LogP contribution in [0.5, 0.6) is 5.75 Å². The molecule has 2 nitrogen and oxygen atoms in total. The summed E-state index contributed by atoms with van der Waals surface area (Å²) < 4.78 is 5.91. The summed E-state index contributed by atoms with van der Waals surface area (Å²) in [5, 5.41) is 1.78. The van der Waals surface area contributed by atoms with Crippen molar-refractivity contribution in [1.82, 2.24) is 0 Å². The third-order valence-electron chi connectivity index (χ3n) is 3.36. The van der Waals surface area contributed by atoms with Gasteiger partial charge >= 0.3 is 0 Å². The van der Waals surface area contributed by atoms with Crippen LogP contribution in [0.15, 0.2) is 30.3 Å². The molecule has 0 fully saturated rings. The molecule has 0 spiro atoms. The second-order valence-electron chi connectivity index (χ2n) is 4.72. The largest absolute Gasteiger partial charge is 0.488 e. The summed E-state index contributed by atoms with van der Waals surface area (Å²) in [6.07, 6.45) is 0.727. The number of hydrogen-bond donors (Lipinski definition) is 1. The van der Waals surface area contributed by atoms with Gasteiger partial charge in [0.15, 0.2) is 0 Å². The van der Waals surface area contributed by atoms with E-state index in [1.807, 2.05) is 18.2 Å². The Hall–Kier alpha value is -0.930. The van der Waals surface area contributed by atoms with Gasteiger partial charge in [0.1, 0.15) is 11.9 Å². The fraction of sp³-hybridized carbons (Fsp3) is 0.200. The van der Waals surface area contributed by atoms with Crippen LogP contribution in [0, 0.1) is 0 Å². The Morgan fingerprint density at radius 3 is 2.50 bits per heavy atom. The predicted octanol–water partition coefficient (Wildman–Crippen LogP) is 4.58. The van der Waals surface area contributed by atoms with Crippen LogP contribution in [-0.2, 0) is 6.42 Å². The minimum absolute atomic E-state index is 0.0246. The molecule has 1 heterocycles. The van der Waals surface area contributed by atoms with Crippen molar-refractivity contribution in [3.05, 3.63) is 51.0 Å². The fourth-order valence-electron chi connectivity index (χ4n) is 2.47. The first-order chi connectivity index (χ1) is 9.60. The molecule has 0 bridgehead atoms. The Morgan fingerprint density at radius 2 is 1.85 bits per heavy atom. The molecule has 0 radical (unpaired) electrons. The van der Waals surface area contributed by atoms with Gasteiger partial charge in [-0.3, -0.25) is 0 Å². The van der Waals surface area contributed by atoms with Gasteiger partial charge < -0.3 is 10.5 Å². The molecule has 1 atom stereocenters. The van der Waals surface area contributed by atoms with E-state index in [0.29, 0.717) is 21.6 Å². The maximum atomic E-state index is 6.28. The summed E-state index contributed by atoms with van der Waals surface area (Å²) in [5.41, 5.74) is 8.29. The van der Waals surface area contributed by atoms with Crippen molar-refractivity contribution in [2.45, 2.75) is 12.5 Å². The Balaban J connectivity index is 2.21. The van der Waals surface area contributed by atoms with Crippen LogP contribution >= 0.6 is 34.8 Å². The van der Waals surface area contributed by atoms with Crippen molar-refractivity contribution in [3.63, 3.8) is 0 Å². The van der Waals surface area contributed by atoms with Crippen LogP contribution in [0.3, 0.4) is 0 Å². The van der Waals surface area contributed by atoms with Gasteiger partial charge in [0.2, 0.25) is 0 Å². The number of rotatable bonds is 2. The number of halogens is 3. The number of hydrogen-bond acceptors (Lipinski definition) is 2. The molecule has 2 aromatic rings. The van der Waals surface area contributed by atoms with Gasteiger partial charge in [-0.15, -0.1) is 0 Å². The number of ether oxygens (including phenoxy) is 1. The number of benzene rings is 2. The van der Waals surface area contributed by atoms with Crippen molar-refractivity contribution >= 4 is 34.8 Å². The first-order valence-electron chi connectivity index (χ1n) is 6.23. The molecule has 0 unspecified atom stereocenters. The molecule has 2 aromatic carbocycles. The molecule has 104 valence electrons. The van der Waals surface area contributed by atoms with Crippen LogP contribution < -0.4 is 10.5 Å². The molecule has 0 aromatic heterocycles. The Morgan fingerprint density at radius 1 is 1.15 bits per heavy atom. The average molecular weight is 329 g/mol. The molecule has 0 amide bonds. The van der Waals surface area contributed by atoms with Crippen LogP contribution in [0.25, 0.3) is 11.1 Å². The highest BCUT2D eigenvalue weighted by atomic mass is 35.5. The van der Waals surface area contributed by atoms with Crippen LogP contribution in [-0.4, -0.2) is 12.6 Å². The molecule has 0 saturated carbocycles. The van der Waals surface area contributed by atoms with Crippen molar-refractivity contribution < 1.29 is 4.74 Å². The van der Waals surface area contributed by atoms with E-state index in [1.54, 1.807) is 12.1 Å². The lowest BCUT2D eigenvalue weighted by atomic mass is 10.0. The van der Waals surface area contributed by atoms with E-state index in [4.69, 9.17) is 45.3 Å². The van der Waals surface area contributed by atoms with E-state index in [9.17, 15) is 0 Å². The van der Waals surface area contributed by atoms with Crippen LogP contribution in [0.2, 0.25) is 15.1 Å². The summed E-state index contributed by atoms with van der Waals surface area (Å²) in [5.74, 6) is 0.778. The normalized spacial score (nSPS) is 16.9. The third kappa shape index (κ3) is 2.38. The topological polar surface area (TPSA) is 35.2 Å². The lowest BCUT2D eigenvalue weighted by molar-refractivity contribution is 0.242. The maximum absolute atomic E-state index is 6.28. The second kappa shape index (κ2) is 5.45. The Labute approximate surface area is 132 Å². The second-order valence-corrected chi connectivity index (χ2v) is 5.97. The zero-order valence-corrected chi connectivity index (χ0v) is 12.8. The fourth-order valence-corrected chi connectivity index (χ4v) is 3.31. The molecule has 1 aliphatic heterocycles. The van der Waals surface area contributed by atoms with Gasteiger partial charge in [0.25, 0.3) is 0 Å². The molecule has 0 aliphatic carbocycles. The quantitative estimate of drug-likeness (QED) is 0.876. The van der Waals surface area contributed by atoms with E-state index < -0.39 is 0 Å². The minimum Gasteiger partial charge on any atom is -0.488 e. The highest BCUT2D eigenvalue weighted by Gasteiger charge is 2.27. The van der Waals surface area contributed by atoms with Gasteiger partial charge in [0, 0.05) is 29.1 Å². The summed E-state index contributed by atoms with van der Waals surface area (Å²) in [6.45, 7) is 0.460. The zero-order chi connectivity index (χ0) is 14.3. The third-order valence-corrected chi connectivity index (χ3v) is 4.21. The molecule has 3 rings (SSSR count). The molecule has 1 aliphatic rings. The Kier molecular flexibility index (Phi) is 3.83. The van der Waals surface area contributed by atoms with Crippen molar-refractivity contribution in [1.29, 1.82) is 0 Å². The van der Waals surface area contributed by atoms with Crippen LogP contribution in [0.4, 0.5) is 0 Å². The highest BCUT2D eigenvalue weighted by molar-refractivity contribution is 6.39. The SMILES string of the molecule is NC[C@@H]1Cc2cc(Cl)cc(-c3c(Cl)cccc3Cl)c2O1. The van der Waals surface area contributed by atoms with Crippen molar-refractivity contribution in [3.8, 4) is 16.9 Å². The summed E-state index contributed by atoms with van der Waals surface area (Å²) in [7, 11) is 0. The zero-order valence-electron chi connectivity index (χ0n) is 10.5. The first kappa shape index (κ1) is 14.0. The van der Waals surface area contributed by atoms with E-state index in [1.165, 1.54) is 0 Å². The van der Waals surface area contributed by atoms with Crippen LogP contribution in [0.1, 0.15) is 5.56 Å². The van der Waals surface area contributed by atoms with Crippen molar-refractivity contribution in [2.75, 3.05) is 6.54 Å². The lowest BCUT2D eigenvalue weighted by Gasteiger charge is -2.13. The predicted molar refractivity (Wildman–Crippen MR) is 84.1 cm³/mol. The molecule has 5 heteroatoms. The van der Waals surface area contributed by atoms with Gasteiger partial charge in [-0.2, -0.15) is 0 Å². The number of fused-ring (bicyclic) bond motifs is 1.